The fraction of sp³-hybridized carbons (Fsp3) is 0.333. The minimum Gasteiger partial charge on any atom is -0.484 e. The fourth-order valence-electron chi connectivity index (χ4n) is 3.94. The van der Waals surface area contributed by atoms with Crippen molar-refractivity contribution in [3.63, 3.8) is 0 Å². The summed E-state index contributed by atoms with van der Waals surface area (Å²) in [7, 11) is 1.89. The molecule has 1 aliphatic rings. The second kappa shape index (κ2) is 8.21. The molecule has 2 heterocycles. The summed E-state index contributed by atoms with van der Waals surface area (Å²) >= 11 is 0. The number of aryl methyl sites for hydroxylation is 1. The molecule has 9 nitrogen and oxygen atoms in total. The zero-order valence-electron chi connectivity index (χ0n) is 16.8. The van der Waals surface area contributed by atoms with Crippen LogP contribution in [0, 0.1) is 17.0 Å². The van der Waals surface area contributed by atoms with Crippen molar-refractivity contribution in [3.05, 3.63) is 82.4 Å². The summed E-state index contributed by atoms with van der Waals surface area (Å²) in [5, 5.41) is 17.4. The Balaban J connectivity index is 1.58. The fourth-order valence-corrected chi connectivity index (χ4v) is 3.94. The normalized spacial score (nSPS) is 21.6. The Morgan fingerprint density at radius 2 is 2.13 bits per heavy atom. The maximum absolute atomic E-state index is 11.2. The summed E-state index contributed by atoms with van der Waals surface area (Å²) in [4.78, 5) is 21.0. The predicted octanol–water partition coefficient (Wildman–Crippen LogP) is 3.10. The van der Waals surface area contributed by atoms with E-state index in [0.29, 0.717) is 13.0 Å². The van der Waals surface area contributed by atoms with Crippen molar-refractivity contribution in [1.29, 1.82) is 0 Å². The van der Waals surface area contributed by atoms with Crippen LogP contribution in [0.15, 0.2) is 61.2 Å². The Morgan fingerprint density at radius 3 is 2.87 bits per heavy atom. The molecule has 0 amide bonds. The summed E-state index contributed by atoms with van der Waals surface area (Å²) < 4.78 is 7.58. The van der Waals surface area contributed by atoms with Gasteiger partial charge >= 0.3 is 5.69 Å². The Morgan fingerprint density at radius 1 is 1.30 bits per heavy atom. The van der Waals surface area contributed by atoms with Gasteiger partial charge in [-0.2, -0.15) is 10.2 Å². The van der Waals surface area contributed by atoms with Gasteiger partial charge in [-0.25, -0.2) is 4.98 Å². The molecule has 2 atom stereocenters. The number of rotatable bonds is 7. The largest absolute Gasteiger partial charge is 0.484 e. The van der Waals surface area contributed by atoms with Crippen molar-refractivity contribution in [2.45, 2.75) is 31.5 Å². The van der Waals surface area contributed by atoms with Crippen molar-refractivity contribution in [2.24, 2.45) is 0 Å². The molecule has 0 saturated carbocycles. The SMILES string of the molecule is Cc1cccc(C2(Cn3cncn3)CC(COc3ccccc3[N+](=O)[O-])ON2C)c1. The lowest BCUT2D eigenvalue weighted by Gasteiger charge is -2.34. The Kier molecular flexibility index (Phi) is 5.47. The van der Waals surface area contributed by atoms with Crippen molar-refractivity contribution in [3.8, 4) is 5.75 Å². The van der Waals surface area contributed by atoms with Crippen molar-refractivity contribution >= 4 is 5.69 Å². The van der Waals surface area contributed by atoms with Crippen LogP contribution in [0.2, 0.25) is 0 Å². The Labute approximate surface area is 174 Å². The van der Waals surface area contributed by atoms with Crippen LogP contribution in [-0.2, 0) is 16.9 Å². The first kappa shape index (κ1) is 20.0. The van der Waals surface area contributed by atoms with Gasteiger partial charge in [0.1, 0.15) is 25.4 Å². The van der Waals surface area contributed by atoms with E-state index in [1.54, 1.807) is 29.2 Å². The molecule has 4 rings (SSSR count). The highest BCUT2D eigenvalue weighted by Crippen LogP contribution is 2.41. The highest BCUT2D eigenvalue weighted by atomic mass is 16.7. The van der Waals surface area contributed by atoms with Crippen molar-refractivity contribution in [2.75, 3.05) is 13.7 Å². The number of nitro benzene ring substituents is 1. The van der Waals surface area contributed by atoms with Gasteiger partial charge in [0, 0.05) is 19.5 Å². The monoisotopic (exact) mass is 409 g/mol. The molecule has 2 unspecified atom stereocenters. The first-order valence-electron chi connectivity index (χ1n) is 9.64. The van der Waals surface area contributed by atoms with Crippen molar-refractivity contribution in [1.82, 2.24) is 19.8 Å². The summed E-state index contributed by atoms with van der Waals surface area (Å²) in [6, 6.07) is 14.7. The lowest BCUT2D eigenvalue weighted by atomic mass is 9.84. The van der Waals surface area contributed by atoms with Gasteiger partial charge in [0.05, 0.1) is 17.0 Å². The first-order valence-corrected chi connectivity index (χ1v) is 9.64. The zero-order valence-corrected chi connectivity index (χ0v) is 16.8. The van der Waals surface area contributed by atoms with Gasteiger partial charge in [-0.1, -0.05) is 42.0 Å². The average Bonchev–Trinajstić information content (AvgIpc) is 3.35. The van der Waals surface area contributed by atoms with E-state index in [-0.39, 0.29) is 24.1 Å². The summed E-state index contributed by atoms with van der Waals surface area (Å²) in [6.45, 7) is 2.80. The predicted molar refractivity (Wildman–Crippen MR) is 109 cm³/mol. The van der Waals surface area contributed by atoms with Crippen LogP contribution in [0.1, 0.15) is 17.5 Å². The lowest BCUT2D eigenvalue weighted by Crippen LogP contribution is -2.42. The number of para-hydroxylation sites is 2. The second-order valence-corrected chi connectivity index (χ2v) is 7.46. The summed E-state index contributed by atoms with van der Waals surface area (Å²) in [6.07, 6.45) is 3.55. The van der Waals surface area contributed by atoms with Gasteiger partial charge in [0.15, 0.2) is 5.75 Å². The highest BCUT2D eigenvalue weighted by molar-refractivity contribution is 5.45. The smallest absolute Gasteiger partial charge is 0.310 e. The molecule has 0 N–H and O–H groups in total. The standard InChI is InChI=1S/C21H23N5O4/c1-16-6-5-7-17(10-16)21(13-25-15-22-14-23-25)11-18(30-24(21)2)12-29-20-9-4-3-8-19(20)26(27)28/h3-10,14-15,18H,11-13H2,1-2H3. The Hall–Kier alpha value is -3.30. The van der Waals surface area contributed by atoms with Gasteiger partial charge in [0.25, 0.3) is 0 Å². The first-order chi connectivity index (χ1) is 14.5. The van der Waals surface area contributed by atoms with Crippen LogP contribution in [-0.4, -0.2) is 44.5 Å². The number of hydrogen-bond donors (Lipinski definition) is 0. The van der Waals surface area contributed by atoms with Crippen LogP contribution in [0.4, 0.5) is 5.69 Å². The highest BCUT2D eigenvalue weighted by Gasteiger charge is 2.47. The molecule has 1 fully saturated rings. The van der Waals surface area contributed by atoms with Gasteiger partial charge in [-0.05, 0) is 18.6 Å². The van der Waals surface area contributed by atoms with Gasteiger partial charge in [-0.15, -0.1) is 0 Å². The summed E-state index contributed by atoms with van der Waals surface area (Å²) in [5.74, 6) is 0.234. The van der Waals surface area contributed by atoms with Crippen LogP contribution >= 0.6 is 0 Å². The van der Waals surface area contributed by atoms with E-state index in [4.69, 9.17) is 9.57 Å². The molecule has 9 heteroatoms. The van der Waals surface area contributed by atoms with Gasteiger partial charge < -0.3 is 4.74 Å². The van der Waals surface area contributed by atoms with Crippen molar-refractivity contribution < 1.29 is 14.5 Å². The molecule has 0 bridgehead atoms. The van der Waals surface area contributed by atoms with E-state index in [0.717, 1.165) is 11.1 Å². The number of likely N-dealkylation sites (N-methyl/N-ethyl adjacent to an activating group) is 1. The van der Waals surface area contributed by atoms with E-state index in [2.05, 4.69) is 35.2 Å². The zero-order chi connectivity index (χ0) is 21.1. The summed E-state index contributed by atoms with van der Waals surface area (Å²) in [5.41, 5.74) is 1.72. The van der Waals surface area contributed by atoms with Gasteiger partial charge in [0.2, 0.25) is 0 Å². The Bertz CT molecular complexity index is 1030. The third-order valence-electron chi connectivity index (χ3n) is 5.41. The average molecular weight is 409 g/mol. The van der Waals surface area contributed by atoms with Crippen LogP contribution < -0.4 is 4.74 Å². The number of aromatic nitrogens is 3. The number of hydroxylamine groups is 2. The van der Waals surface area contributed by atoms with E-state index in [9.17, 15) is 10.1 Å². The molecule has 1 aromatic heterocycles. The molecule has 0 aliphatic carbocycles. The number of hydrogen-bond acceptors (Lipinski definition) is 7. The van der Waals surface area contributed by atoms with Crippen LogP contribution in [0.25, 0.3) is 0 Å². The second-order valence-electron chi connectivity index (χ2n) is 7.46. The molecule has 2 aromatic carbocycles. The molecule has 0 spiro atoms. The van der Waals surface area contributed by atoms with E-state index < -0.39 is 10.5 Å². The van der Waals surface area contributed by atoms with E-state index >= 15 is 0 Å². The van der Waals surface area contributed by atoms with E-state index in [1.165, 1.54) is 12.4 Å². The third kappa shape index (κ3) is 3.89. The van der Waals surface area contributed by atoms with E-state index in [1.807, 2.05) is 18.2 Å². The molecule has 1 saturated heterocycles. The number of nitro groups is 1. The third-order valence-corrected chi connectivity index (χ3v) is 5.41. The van der Waals surface area contributed by atoms with Crippen LogP contribution in [0.3, 0.4) is 0 Å². The maximum Gasteiger partial charge on any atom is 0.310 e. The molecular formula is C21H23N5O4. The lowest BCUT2D eigenvalue weighted by molar-refractivity contribution is -0.386. The minimum atomic E-state index is -0.476. The quantitative estimate of drug-likeness (QED) is 0.437. The molecule has 3 aromatic rings. The minimum absolute atomic E-state index is 0.0589. The van der Waals surface area contributed by atoms with Gasteiger partial charge in [-0.3, -0.25) is 19.6 Å². The number of benzene rings is 2. The molecule has 156 valence electrons. The molecule has 1 aliphatic heterocycles. The maximum atomic E-state index is 11.2. The number of ether oxygens (including phenoxy) is 1. The molecule has 30 heavy (non-hydrogen) atoms. The topological polar surface area (TPSA) is 95.5 Å². The number of nitrogens with zero attached hydrogens (tertiary/aromatic N) is 5. The van der Waals surface area contributed by atoms with Crippen LogP contribution in [0.5, 0.6) is 5.75 Å². The molecule has 0 radical (unpaired) electrons. The molecular weight excluding hydrogens is 386 g/mol.